The first-order chi connectivity index (χ1) is 13.2. The zero-order valence-corrected chi connectivity index (χ0v) is 14.7. The van der Waals surface area contributed by atoms with Crippen molar-refractivity contribution in [2.75, 3.05) is 5.32 Å². The number of hydrogen-bond donors (Lipinski definition) is 1. The van der Waals surface area contributed by atoms with Crippen LogP contribution in [0.1, 0.15) is 22.8 Å². The molecule has 6 nitrogen and oxygen atoms in total. The fourth-order valence-electron chi connectivity index (χ4n) is 2.66. The van der Waals surface area contributed by atoms with Gasteiger partial charge in [-0.2, -0.15) is 0 Å². The summed E-state index contributed by atoms with van der Waals surface area (Å²) in [7, 11) is 0. The molecule has 134 valence electrons. The number of amides is 1. The first-order valence-electron chi connectivity index (χ1n) is 8.61. The summed E-state index contributed by atoms with van der Waals surface area (Å²) in [6.07, 6.45) is 2.48. The molecule has 0 aliphatic heterocycles. The number of anilines is 1. The van der Waals surface area contributed by atoms with E-state index in [0.29, 0.717) is 34.4 Å². The second kappa shape index (κ2) is 7.29. The van der Waals surface area contributed by atoms with E-state index in [1.54, 1.807) is 24.5 Å². The molecular weight excluding hydrogens is 342 g/mol. The Bertz CT molecular complexity index is 1050. The fourth-order valence-corrected chi connectivity index (χ4v) is 2.66. The zero-order chi connectivity index (χ0) is 18.6. The van der Waals surface area contributed by atoms with Gasteiger partial charge in [-0.25, -0.2) is 0 Å². The number of carbonyl (C=O) groups is 1. The van der Waals surface area contributed by atoms with Gasteiger partial charge < -0.3 is 14.2 Å². The van der Waals surface area contributed by atoms with Gasteiger partial charge in [0.15, 0.2) is 5.76 Å². The van der Waals surface area contributed by atoms with Gasteiger partial charge in [0.2, 0.25) is 5.89 Å². The average Bonchev–Trinajstić information content (AvgIpc) is 3.40. The van der Waals surface area contributed by atoms with Crippen LogP contribution in [0.15, 0.2) is 75.8 Å². The molecule has 0 aliphatic rings. The van der Waals surface area contributed by atoms with Crippen LogP contribution in [0.5, 0.6) is 0 Å². The zero-order valence-electron chi connectivity index (χ0n) is 14.7. The highest BCUT2D eigenvalue weighted by Gasteiger charge is 2.13. The van der Waals surface area contributed by atoms with E-state index in [1.807, 2.05) is 42.5 Å². The smallest absolute Gasteiger partial charge is 0.283 e. The molecule has 1 N–H and O–H groups in total. The number of hydrogen-bond acceptors (Lipinski definition) is 5. The molecule has 0 spiro atoms. The molecule has 0 saturated heterocycles. The summed E-state index contributed by atoms with van der Waals surface area (Å²) in [6, 6.07) is 18.3. The SMILES string of the molecule is CCc1ccc(C(=O)Nc2cccc(-c3nnc(-c4ccco4)o3)c2)cc1. The van der Waals surface area contributed by atoms with E-state index in [9.17, 15) is 4.79 Å². The second-order valence-corrected chi connectivity index (χ2v) is 5.98. The number of benzene rings is 2. The van der Waals surface area contributed by atoms with Gasteiger partial charge in [0.05, 0.1) is 6.26 Å². The highest BCUT2D eigenvalue weighted by atomic mass is 16.4. The Morgan fingerprint density at radius 2 is 1.81 bits per heavy atom. The summed E-state index contributed by atoms with van der Waals surface area (Å²) in [5, 5.41) is 10.9. The van der Waals surface area contributed by atoms with Crippen molar-refractivity contribution in [3.63, 3.8) is 0 Å². The maximum atomic E-state index is 12.4. The molecule has 0 aliphatic carbocycles. The minimum absolute atomic E-state index is 0.170. The summed E-state index contributed by atoms with van der Waals surface area (Å²) >= 11 is 0. The average molecular weight is 359 g/mol. The molecule has 0 unspecified atom stereocenters. The summed E-state index contributed by atoms with van der Waals surface area (Å²) in [6.45, 7) is 2.08. The molecule has 6 heteroatoms. The van der Waals surface area contributed by atoms with E-state index < -0.39 is 0 Å². The highest BCUT2D eigenvalue weighted by molar-refractivity contribution is 6.04. The third kappa shape index (κ3) is 3.64. The molecule has 1 amide bonds. The number of furan rings is 1. The fraction of sp³-hybridized carbons (Fsp3) is 0.0952. The van der Waals surface area contributed by atoms with Crippen molar-refractivity contribution < 1.29 is 13.6 Å². The van der Waals surface area contributed by atoms with Crippen LogP contribution in [0.3, 0.4) is 0 Å². The van der Waals surface area contributed by atoms with Crippen LogP contribution in [0.2, 0.25) is 0 Å². The highest BCUT2D eigenvalue weighted by Crippen LogP contribution is 2.26. The first-order valence-corrected chi connectivity index (χ1v) is 8.61. The lowest BCUT2D eigenvalue weighted by Crippen LogP contribution is -2.11. The van der Waals surface area contributed by atoms with Crippen molar-refractivity contribution in [1.82, 2.24) is 10.2 Å². The van der Waals surface area contributed by atoms with Crippen molar-refractivity contribution >= 4 is 11.6 Å². The summed E-state index contributed by atoms with van der Waals surface area (Å²) in [5.41, 5.74) is 3.15. The third-order valence-corrected chi connectivity index (χ3v) is 4.15. The maximum Gasteiger partial charge on any atom is 0.283 e. The van der Waals surface area contributed by atoms with E-state index in [0.717, 1.165) is 6.42 Å². The Morgan fingerprint density at radius 1 is 1.00 bits per heavy atom. The molecule has 2 heterocycles. The van der Waals surface area contributed by atoms with Gasteiger partial charge in [0, 0.05) is 16.8 Å². The molecule has 0 fully saturated rings. The van der Waals surface area contributed by atoms with E-state index in [2.05, 4.69) is 22.4 Å². The van der Waals surface area contributed by atoms with E-state index >= 15 is 0 Å². The van der Waals surface area contributed by atoms with Crippen molar-refractivity contribution in [1.29, 1.82) is 0 Å². The molecule has 0 radical (unpaired) electrons. The lowest BCUT2D eigenvalue weighted by atomic mass is 10.1. The van der Waals surface area contributed by atoms with Gasteiger partial charge in [-0.15, -0.1) is 10.2 Å². The van der Waals surface area contributed by atoms with Crippen LogP contribution < -0.4 is 5.32 Å². The first kappa shape index (κ1) is 16.8. The molecule has 0 atom stereocenters. The predicted octanol–water partition coefficient (Wildman–Crippen LogP) is 4.81. The normalized spacial score (nSPS) is 10.7. The second-order valence-electron chi connectivity index (χ2n) is 5.98. The number of nitrogens with zero attached hydrogens (tertiary/aromatic N) is 2. The maximum absolute atomic E-state index is 12.4. The molecule has 4 rings (SSSR count). The van der Waals surface area contributed by atoms with Gasteiger partial charge >= 0.3 is 0 Å². The van der Waals surface area contributed by atoms with Gasteiger partial charge in [-0.1, -0.05) is 25.1 Å². The summed E-state index contributed by atoms with van der Waals surface area (Å²) in [5.74, 6) is 0.996. The Balaban J connectivity index is 1.53. The third-order valence-electron chi connectivity index (χ3n) is 4.15. The van der Waals surface area contributed by atoms with Gasteiger partial charge in [-0.3, -0.25) is 4.79 Å². The number of nitrogens with one attached hydrogen (secondary N) is 1. The summed E-state index contributed by atoms with van der Waals surface area (Å²) in [4.78, 5) is 12.4. The number of aromatic nitrogens is 2. The van der Waals surface area contributed by atoms with Gasteiger partial charge in [0.25, 0.3) is 11.8 Å². The predicted molar refractivity (Wildman–Crippen MR) is 101 cm³/mol. The largest absolute Gasteiger partial charge is 0.459 e. The Kier molecular flexibility index (Phi) is 4.53. The van der Waals surface area contributed by atoms with E-state index in [1.165, 1.54) is 5.56 Å². The minimum Gasteiger partial charge on any atom is -0.459 e. The monoisotopic (exact) mass is 359 g/mol. The molecule has 4 aromatic rings. The van der Waals surface area contributed by atoms with Gasteiger partial charge in [0.1, 0.15) is 0 Å². The number of aryl methyl sites for hydroxylation is 1. The van der Waals surface area contributed by atoms with Gasteiger partial charge in [-0.05, 0) is 54.4 Å². The molecule has 2 aromatic carbocycles. The van der Waals surface area contributed by atoms with Crippen molar-refractivity contribution in [2.24, 2.45) is 0 Å². The van der Waals surface area contributed by atoms with Crippen LogP contribution in [0.25, 0.3) is 23.1 Å². The molecule has 27 heavy (non-hydrogen) atoms. The number of rotatable bonds is 5. The Hall–Kier alpha value is -3.67. The topological polar surface area (TPSA) is 81.2 Å². The van der Waals surface area contributed by atoms with Crippen LogP contribution in [0, 0.1) is 0 Å². The molecule has 2 aromatic heterocycles. The molecule has 0 bridgehead atoms. The van der Waals surface area contributed by atoms with Crippen LogP contribution in [-0.4, -0.2) is 16.1 Å². The number of carbonyl (C=O) groups excluding carboxylic acids is 1. The summed E-state index contributed by atoms with van der Waals surface area (Å²) < 4.78 is 10.9. The molecular formula is C21H17N3O3. The minimum atomic E-state index is -0.170. The Morgan fingerprint density at radius 3 is 2.56 bits per heavy atom. The lowest BCUT2D eigenvalue weighted by Gasteiger charge is -2.07. The lowest BCUT2D eigenvalue weighted by molar-refractivity contribution is 0.102. The van der Waals surface area contributed by atoms with Crippen molar-refractivity contribution in [3.05, 3.63) is 78.1 Å². The van der Waals surface area contributed by atoms with Crippen LogP contribution in [0.4, 0.5) is 5.69 Å². The van der Waals surface area contributed by atoms with E-state index in [-0.39, 0.29) is 5.91 Å². The van der Waals surface area contributed by atoms with Crippen molar-refractivity contribution in [3.8, 4) is 23.1 Å². The van der Waals surface area contributed by atoms with Crippen LogP contribution in [-0.2, 0) is 6.42 Å². The quantitative estimate of drug-likeness (QED) is 0.553. The van der Waals surface area contributed by atoms with Crippen molar-refractivity contribution in [2.45, 2.75) is 13.3 Å². The van der Waals surface area contributed by atoms with E-state index in [4.69, 9.17) is 8.83 Å². The Labute approximate surface area is 155 Å². The standard InChI is InChI=1S/C21H17N3O3/c1-2-14-8-10-15(11-9-14)19(25)22-17-6-3-5-16(13-17)20-23-24-21(27-20)18-7-4-12-26-18/h3-13H,2H2,1H3,(H,22,25). The molecule has 0 saturated carbocycles. The van der Waals surface area contributed by atoms with Crippen LogP contribution >= 0.6 is 0 Å².